The van der Waals surface area contributed by atoms with Crippen LogP contribution in [-0.2, 0) is 27.7 Å². The molecular weight excluding hydrogens is 326 g/mol. The summed E-state index contributed by atoms with van der Waals surface area (Å²) in [6.45, 7) is 0. The predicted octanol–water partition coefficient (Wildman–Crippen LogP) is 2.77. The maximum Gasteiger partial charge on any atom is 0.264 e. The average molecular weight is 345 g/mol. The van der Waals surface area contributed by atoms with Crippen molar-refractivity contribution in [2.75, 3.05) is 0 Å². The van der Waals surface area contributed by atoms with E-state index in [0.717, 1.165) is 37.0 Å². The summed E-state index contributed by atoms with van der Waals surface area (Å²) < 4.78 is 32.5. The number of rotatable bonds is 4. The SMILES string of the molecule is O=C(NS(=O)(=O)c1ccc2c(c1)CCCC2)[C@@H]1C[C@H]1c1ccco1. The van der Waals surface area contributed by atoms with Crippen LogP contribution in [0.1, 0.15) is 42.1 Å². The van der Waals surface area contributed by atoms with E-state index in [1.807, 2.05) is 12.1 Å². The van der Waals surface area contributed by atoms with Crippen LogP contribution >= 0.6 is 0 Å². The Hall–Kier alpha value is -2.08. The maximum absolute atomic E-state index is 12.5. The van der Waals surface area contributed by atoms with Gasteiger partial charge in [-0.2, -0.15) is 0 Å². The second-order valence-electron chi connectivity index (χ2n) is 6.57. The smallest absolute Gasteiger partial charge is 0.264 e. The summed E-state index contributed by atoms with van der Waals surface area (Å²) in [7, 11) is -3.82. The molecule has 1 fully saturated rings. The number of carbonyl (C=O) groups is 1. The molecule has 1 aromatic heterocycles. The molecule has 0 unspecified atom stereocenters. The molecule has 6 heteroatoms. The number of sulfonamides is 1. The van der Waals surface area contributed by atoms with Gasteiger partial charge in [0, 0.05) is 11.8 Å². The number of furan rings is 1. The van der Waals surface area contributed by atoms with Gasteiger partial charge in [-0.05, 0) is 67.5 Å². The predicted molar refractivity (Wildman–Crippen MR) is 88.0 cm³/mol. The number of hydrogen-bond acceptors (Lipinski definition) is 4. The fourth-order valence-electron chi connectivity index (χ4n) is 3.45. The zero-order valence-corrected chi connectivity index (χ0v) is 14.0. The minimum atomic E-state index is -3.82. The van der Waals surface area contributed by atoms with E-state index in [9.17, 15) is 13.2 Å². The van der Waals surface area contributed by atoms with Crippen molar-refractivity contribution in [3.63, 3.8) is 0 Å². The van der Waals surface area contributed by atoms with Gasteiger partial charge in [-0.3, -0.25) is 4.79 Å². The summed E-state index contributed by atoms with van der Waals surface area (Å²) in [4.78, 5) is 12.4. The van der Waals surface area contributed by atoms with Crippen molar-refractivity contribution in [1.29, 1.82) is 0 Å². The molecule has 4 rings (SSSR count). The van der Waals surface area contributed by atoms with Crippen molar-refractivity contribution in [2.24, 2.45) is 5.92 Å². The summed E-state index contributed by atoms with van der Waals surface area (Å²) in [6, 6.07) is 8.76. The first-order chi connectivity index (χ1) is 11.5. The topological polar surface area (TPSA) is 76.4 Å². The van der Waals surface area contributed by atoms with E-state index in [1.54, 1.807) is 24.5 Å². The number of benzene rings is 1. The molecule has 1 saturated carbocycles. The standard InChI is InChI=1S/C18H19NO4S/c20-18(16-11-15(16)17-6-3-9-23-17)19-24(21,22)14-8-7-12-4-1-2-5-13(12)10-14/h3,6-10,15-16H,1-2,4-5,11H2,(H,19,20)/t15-,16-/m1/s1. The largest absolute Gasteiger partial charge is 0.469 e. The van der Waals surface area contributed by atoms with Crippen molar-refractivity contribution in [1.82, 2.24) is 4.72 Å². The molecule has 24 heavy (non-hydrogen) atoms. The molecule has 1 amide bonds. The molecule has 2 aliphatic carbocycles. The second kappa shape index (κ2) is 5.77. The number of nitrogens with one attached hydrogen (secondary N) is 1. The van der Waals surface area contributed by atoms with Crippen LogP contribution < -0.4 is 4.72 Å². The van der Waals surface area contributed by atoms with Crippen LogP contribution in [0, 0.1) is 5.92 Å². The first-order valence-electron chi connectivity index (χ1n) is 8.26. The number of aryl methyl sites for hydroxylation is 2. The minimum Gasteiger partial charge on any atom is -0.469 e. The first kappa shape index (κ1) is 15.4. The molecule has 0 radical (unpaired) electrons. The van der Waals surface area contributed by atoms with Crippen molar-refractivity contribution >= 4 is 15.9 Å². The van der Waals surface area contributed by atoms with Gasteiger partial charge in [-0.1, -0.05) is 6.07 Å². The third-order valence-corrected chi connectivity index (χ3v) is 6.25. The number of carbonyl (C=O) groups excluding carboxylic acids is 1. The summed E-state index contributed by atoms with van der Waals surface area (Å²) in [6.07, 6.45) is 6.30. The lowest BCUT2D eigenvalue weighted by atomic mass is 9.92. The van der Waals surface area contributed by atoms with Crippen molar-refractivity contribution in [3.05, 3.63) is 53.5 Å². The van der Waals surface area contributed by atoms with Gasteiger partial charge >= 0.3 is 0 Å². The number of amides is 1. The normalized spacial score (nSPS) is 22.7. The lowest BCUT2D eigenvalue weighted by Gasteiger charge is -2.16. The molecule has 1 N–H and O–H groups in total. The zero-order valence-electron chi connectivity index (χ0n) is 13.2. The van der Waals surface area contributed by atoms with Gasteiger partial charge in [0.1, 0.15) is 5.76 Å². The Morgan fingerprint density at radius 3 is 2.67 bits per heavy atom. The monoisotopic (exact) mass is 345 g/mol. The van der Waals surface area contributed by atoms with Crippen molar-refractivity contribution in [2.45, 2.75) is 42.9 Å². The van der Waals surface area contributed by atoms with Crippen LogP contribution in [0.3, 0.4) is 0 Å². The Labute approximate surface area is 141 Å². The van der Waals surface area contributed by atoms with Crippen LogP contribution in [0.4, 0.5) is 0 Å². The Morgan fingerprint density at radius 2 is 1.92 bits per heavy atom. The molecular formula is C18H19NO4S. The Bertz CT molecular complexity index is 870. The summed E-state index contributed by atoms with van der Waals surface area (Å²) in [5.74, 6) is -0.0577. The van der Waals surface area contributed by atoms with Gasteiger partial charge in [-0.15, -0.1) is 0 Å². The highest BCUT2D eigenvalue weighted by molar-refractivity contribution is 7.90. The highest BCUT2D eigenvalue weighted by Crippen LogP contribution is 2.47. The molecule has 2 aliphatic rings. The maximum atomic E-state index is 12.5. The summed E-state index contributed by atoms with van der Waals surface area (Å²) in [5, 5.41) is 0. The Morgan fingerprint density at radius 1 is 1.12 bits per heavy atom. The average Bonchev–Trinajstić information content (AvgIpc) is 3.20. The van der Waals surface area contributed by atoms with Gasteiger partial charge in [0.05, 0.1) is 11.2 Å². The van der Waals surface area contributed by atoms with Crippen LogP contribution in [0.2, 0.25) is 0 Å². The molecule has 2 aromatic rings. The lowest BCUT2D eigenvalue weighted by molar-refractivity contribution is -0.120. The van der Waals surface area contributed by atoms with Crippen LogP contribution in [0.25, 0.3) is 0 Å². The third kappa shape index (κ3) is 2.86. The molecule has 126 valence electrons. The van der Waals surface area contributed by atoms with E-state index in [4.69, 9.17) is 4.42 Å². The quantitative estimate of drug-likeness (QED) is 0.924. The van der Waals surface area contributed by atoms with Gasteiger partial charge < -0.3 is 4.42 Å². The van der Waals surface area contributed by atoms with Crippen LogP contribution in [0.15, 0.2) is 45.9 Å². The number of fused-ring (bicyclic) bond motifs is 1. The molecule has 0 bridgehead atoms. The van der Waals surface area contributed by atoms with E-state index < -0.39 is 15.9 Å². The van der Waals surface area contributed by atoms with E-state index in [2.05, 4.69) is 4.72 Å². The van der Waals surface area contributed by atoms with E-state index in [-0.39, 0.29) is 16.7 Å². The van der Waals surface area contributed by atoms with Crippen LogP contribution in [0.5, 0.6) is 0 Å². The van der Waals surface area contributed by atoms with Crippen molar-refractivity contribution < 1.29 is 17.6 Å². The van der Waals surface area contributed by atoms with E-state index >= 15 is 0 Å². The Balaban J connectivity index is 1.48. The van der Waals surface area contributed by atoms with Crippen molar-refractivity contribution in [3.8, 4) is 0 Å². The van der Waals surface area contributed by atoms with E-state index in [1.165, 1.54) is 5.56 Å². The minimum absolute atomic E-state index is 0.0151. The van der Waals surface area contributed by atoms with Gasteiger partial charge in [-0.25, -0.2) is 13.1 Å². The second-order valence-corrected chi connectivity index (χ2v) is 8.25. The molecule has 5 nitrogen and oxygen atoms in total. The molecule has 1 heterocycles. The summed E-state index contributed by atoms with van der Waals surface area (Å²) >= 11 is 0. The van der Waals surface area contributed by atoms with Gasteiger partial charge in [0.2, 0.25) is 5.91 Å². The van der Waals surface area contributed by atoms with Crippen LogP contribution in [-0.4, -0.2) is 14.3 Å². The Kier molecular flexibility index (Phi) is 3.72. The fourth-order valence-corrected chi connectivity index (χ4v) is 4.52. The highest BCUT2D eigenvalue weighted by atomic mass is 32.2. The third-order valence-electron chi connectivity index (χ3n) is 4.90. The highest BCUT2D eigenvalue weighted by Gasteiger charge is 2.47. The fraction of sp³-hybridized carbons (Fsp3) is 0.389. The van der Waals surface area contributed by atoms with Gasteiger partial charge in [0.15, 0.2) is 0 Å². The molecule has 1 aromatic carbocycles. The molecule has 2 atom stereocenters. The molecule has 0 saturated heterocycles. The van der Waals surface area contributed by atoms with Gasteiger partial charge in [0.25, 0.3) is 10.0 Å². The first-order valence-corrected chi connectivity index (χ1v) is 9.75. The zero-order chi connectivity index (χ0) is 16.7. The molecule has 0 aliphatic heterocycles. The lowest BCUT2D eigenvalue weighted by Crippen LogP contribution is -2.32. The van der Waals surface area contributed by atoms with E-state index in [0.29, 0.717) is 6.42 Å². The number of hydrogen-bond donors (Lipinski definition) is 1. The summed E-state index contributed by atoms with van der Waals surface area (Å²) in [5.41, 5.74) is 2.29. The molecule has 0 spiro atoms.